The van der Waals surface area contributed by atoms with Crippen LogP contribution in [-0.4, -0.2) is 93.1 Å². The van der Waals surface area contributed by atoms with E-state index in [0.717, 1.165) is 48.4 Å². The number of alkyl halides is 3. The van der Waals surface area contributed by atoms with Gasteiger partial charge in [-0.05, 0) is 114 Å². The Balaban J connectivity index is 1.12. The molecule has 1 saturated carbocycles. The Kier molecular flexibility index (Phi) is 16.7. The van der Waals surface area contributed by atoms with Crippen LogP contribution < -0.4 is 25.8 Å². The highest BCUT2D eigenvalue weighted by molar-refractivity contribution is 7.99. The Labute approximate surface area is 399 Å². The lowest BCUT2D eigenvalue weighted by Crippen LogP contribution is -2.53. The number of nitrogens with zero attached hydrogens (tertiary/aromatic N) is 6. The summed E-state index contributed by atoms with van der Waals surface area (Å²) >= 11 is 0.771. The van der Waals surface area contributed by atoms with E-state index in [9.17, 15) is 50.4 Å². The fourth-order valence-electron chi connectivity index (χ4n) is 7.70. The van der Waals surface area contributed by atoms with Gasteiger partial charge in [0, 0.05) is 42.7 Å². The number of pyridine rings is 1. The van der Waals surface area contributed by atoms with Crippen LogP contribution in [0.5, 0.6) is 0 Å². The third kappa shape index (κ3) is 13.0. The number of anilines is 2. The van der Waals surface area contributed by atoms with Crippen LogP contribution >= 0.6 is 11.8 Å². The van der Waals surface area contributed by atoms with Crippen molar-refractivity contribution >= 4 is 68.5 Å². The summed E-state index contributed by atoms with van der Waals surface area (Å²) in [6.07, 6.45) is 9.24. The SMILES string of the molecule is CC(C)[C@H](NC(=O)CCCCCN1C(=O)C=CC1=O)C(=O)N[C@@H](C)C(=O)Nc1ccc(C[n+]2cc(C3CCCC3)cc(F)c2NC(=O)c2cc(S(=O)(=O)C(F)(F)F)ccc2Sc2nnnn2C)cc1. The van der Waals surface area contributed by atoms with E-state index < -0.39 is 61.4 Å². The molecule has 6 amide bonds. The molecule has 0 unspecified atom stereocenters. The maximum atomic E-state index is 16.3. The number of imide groups is 1. The lowest BCUT2D eigenvalue weighted by atomic mass is 9.99. The van der Waals surface area contributed by atoms with Gasteiger partial charge in [-0.15, -0.1) is 5.10 Å². The number of hydrogen-bond donors (Lipinski definition) is 4. The summed E-state index contributed by atoms with van der Waals surface area (Å²) in [7, 11) is -4.42. The molecular formula is C45H51F4N10O8S2+. The summed E-state index contributed by atoms with van der Waals surface area (Å²) in [5.74, 6) is -4.87. The number of nitrogens with one attached hydrogen (secondary N) is 4. The summed E-state index contributed by atoms with van der Waals surface area (Å²) in [5, 5.41) is 21.7. The molecule has 24 heteroatoms. The summed E-state index contributed by atoms with van der Waals surface area (Å²) in [4.78, 5) is 76.6. The Morgan fingerprint density at radius 1 is 0.899 bits per heavy atom. The number of sulfone groups is 1. The standard InChI is InChI=1S/C45H50F4N10O8S2/c1-26(2)39(52-36(60)12-6-5-9-21-59-37(61)19-20-38(59)62)43(65)50-27(3)41(63)51-31-15-13-28(14-16-31)24-58-25-30(29-10-7-8-11-29)22-34(46)40(58)53-42(64)33-23-32(69(66,67)45(47,48)49)17-18-35(33)68-44-54-55-56-57(44)4/h13-20,22-23,25-27,29,39H,5-12,21,24H2,1-4H3,(H3,50,51,52,60,63,65)/p+1/t27-,39-/m0/s1. The largest absolute Gasteiger partial charge is 0.501 e. The topological polar surface area (TPSA) is 235 Å². The van der Waals surface area contributed by atoms with Crippen LogP contribution in [0.25, 0.3) is 0 Å². The Morgan fingerprint density at radius 3 is 2.20 bits per heavy atom. The third-order valence-corrected chi connectivity index (χ3v) is 14.1. The van der Waals surface area contributed by atoms with Crippen LogP contribution in [0.3, 0.4) is 0 Å². The molecular weight excluding hydrogens is 949 g/mol. The van der Waals surface area contributed by atoms with Gasteiger partial charge in [-0.2, -0.15) is 17.6 Å². The Hall–Kier alpha value is -6.56. The van der Waals surface area contributed by atoms with Crippen LogP contribution in [-0.2, 0) is 47.4 Å². The molecule has 2 aliphatic rings. The molecule has 4 N–H and O–H groups in total. The second-order valence-electron chi connectivity index (χ2n) is 17.0. The first kappa shape index (κ1) is 51.8. The van der Waals surface area contributed by atoms with Gasteiger partial charge in [-0.1, -0.05) is 45.2 Å². The van der Waals surface area contributed by atoms with E-state index in [1.165, 1.54) is 41.4 Å². The number of benzene rings is 2. The number of halogens is 4. The van der Waals surface area contributed by atoms with E-state index in [1.807, 2.05) is 0 Å². The second kappa shape index (κ2) is 22.2. The molecule has 0 bridgehead atoms. The smallest absolute Gasteiger partial charge is 0.344 e. The molecule has 1 aliphatic heterocycles. The minimum absolute atomic E-state index is 0.0227. The van der Waals surface area contributed by atoms with Crippen molar-refractivity contribution in [2.75, 3.05) is 17.2 Å². The molecule has 368 valence electrons. The number of amides is 6. The maximum Gasteiger partial charge on any atom is 0.501 e. The highest BCUT2D eigenvalue weighted by Crippen LogP contribution is 2.37. The van der Waals surface area contributed by atoms with Crippen molar-refractivity contribution in [1.29, 1.82) is 0 Å². The molecule has 2 atom stereocenters. The van der Waals surface area contributed by atoms with Gasteiger partial charge in [0.2, 0.25) is 28.7 Å². The summed E-state index contributed by atoms with van der Waals surface area (Å²) < 4.78 is 84.7. The van der Waals surface area contributed by atoms with E-state index in [2.05, 4.69) is 36.8 Å². The van der Waals surface area contributed by atoms with E-state index in [1.54, 1.807) is 44.3 Å². The van der Waals surface area contributed by atoms with Crippen molar-refractivity contribution in [2.24, 2.45) is 13.0 Å². The Bertz CT molecular complexity index is 2730. The quantitative estimate of drug-likeness (QED) is 0.0392. The third-order valence-electron chi connectivity index (χ3n) is 11.5. The predicted octanol–water partition coefficient (Wildman–Crippen LogP) is 5.11. The monoisotopic (exact) mass is 999 g/mol. The first-order chi connectivity index (χ1) is 32.6. The summed E-state index contributed by atoms with van der Waals surface area (Å²) in [6, 6.07) is 8.02. The number of unbranched alkanes of at least 4 members (excludes halogenated alkanes) is 2. The molecule has 2 aromatic carbocycles. The fraction of sp³-hybridized carbons (Fsp3) is 0.422. The second-order valence-corrected chi connectivity index (χ2v) is 20.0. The Morgan fingerprint density at radius 2 is 1.58 bits per heavy atom. The van der Waals surface area contributed by atoms with Gasteiger partial charge in [0.1, 0.15) is 18.6 Å². The van der Waals surface area contributed by atoms with Crippen LogP contribution in [0.4, 0.5) is 29.1 Å². The zero-order chi connectivity index (χ0) is 50.2. The molecule has 0 spiro atoms. The zero-order valence-electron chi connectivity index (χ0n) is 38.0. The molecule has 18 nitrogen and oxygen atoms in total. The molecule has 0 radical (unpaired) electrons. The summed E-state index contributed by atoms with van der Waals surface area (Å²) in [5.41, 5.74) is -4.62. The van der Waals surface area contributed by atoms with E-state index in [0.29, 0.717) is 48.2 Å². The van der Waals surface area contributed by atoms with Gasteiger partial charge in [0.15, 0.2) is 0 Å². The number of hydrogen-bond acceptors (Lipinski definition) is 12. The van der Waals surface area contributed by atoms with Crippen LogP contribution in [0.15, 0.2) is 81.8 Å². The molecule has 69 heavy (non-hydrogen) atoms. The lowest BCUT2D eigenvalue weighted by molar-refractivity contribution is -0.675. The summed E-state index contributed by atoms with van der Waals surface area (Å²) in [6.45, 7) is 5.17. The zero-order valence-corrected chi connectivity index (χ0v) is 39.6. The maximum absolute atomic E-state index is 16.3. The fourth-order valence-corrected chi connectivity index (χ4v) is 9.33. The molecule has 1 fully saturated rings. The normalized spacial score (nSPS) is 15.1. The molecule has 4 aromatic rings. The first-order valence-electron chi connectivity index (χ1n) is 22.1. The van der Waals surface area contributed by atoms with Crippen molar-refractivity contribution in [1.82, 2.24) is 35.7 Å². The molecule has 0 saturated heterocycles. The van der Waals surface area contributed by atoms with E-state index >= 15 is 4.39 Å². The van der Waals surface area contributed by atoms with Crippen molar-refractivity contribution in [3.8, 4) is 0 Å². The molecule has 6 rings (SSSR count). The van der Waals surface area contributed by atoms with Gasteiger partial charge in [0.25, 0.3) is 21.7 Å². The average molecular weight is 1000 g/mol. The van der Waals surface area contributed by atoms with Gasteiger partial charge in [-0.3, -0.25) is 28.9 Å². The molecule has 3 heterocycles. The minimum atomic E-state index is -5.89. The van der Waals surface area contributed by atoms with Crippen molar-refractivity contribution in [2.45, 2.75) is 117 Å². The van der Waals surface area contributed by atoms with Gasteiger partial charge in [0.05, 0.1) is 16.7 Å². The highest BCUT2D eigenvalue weighted by atomic mass is 32.2. The van der Waals surface area contributed by atoms with Crippen molar-refractivity contribution in [3.05, 3.63) is 89.4 Å². The lowest BCUT2D eigenvalue weighted by Gasteiger charge is -2.24. The van der Waals surface area contributed by atoms with Crippen LogP contribution in [0.1, 0.15) is 99.5 Å². The number of carbonyl (C=O) groups excluding carboxylic acids is 6. The van der Waals surface area contributed by atoms with E-state index in [-0.39, 0.29) is 64.9 Å². The number of rotatable bonds is 20. The van der Waals surface area contributed by atoms with Crippen molar-refractivity contribution < 1.29 is 59.3 Å². The number of aryl methyl sites for hydroxylation is 1. The van der Waals surface area contributed by atoms with Gasteiger partial charge >= 0.3 is 17.2 Å². The first-order valence-corrected chi connectivity index (χ1v) is 24.4. The van der Waals surface area contributed by atoms with E-state index in [4.69, 9.17) is 0 Å². The van der Waals surface area contributed by atoms with Crippen molar-refractivity contribution in [3.63, 3.8) is 0 Å². The number of carbonyl (C=O) groups is 6. The number of aromatic nitrogens is 5. The van der Waals surface area contributed by atoms with Gasteiger partial charge < -0.3 is 16.0 Å². The van der Waals surface area contributed by atoms with Crippen LogP contribution in [0.2, 0.25) is 0 Å². The predicted molar refractivity (Wildman–Crippen MR) is 241 cm³/mol. The molecule has 1 aliphatic carbocycles. The van der Waals surface area contributed by atoms with Gasteiger partial charge in [-0.25, -0.2) is 27.8 Å². The highest BCUT2D eigenvalue weighted by Gasteiger charge is 2.47. The van der Waals surface area contributed by atoms with Crippen LogP contribution in [0, 0.1) is 11.7 Å². The minimum Gasteiger partial charge on any atom is -0.344 e. The number of tetrazole rings is 1. The molecule has 2 aromatic heterocycles. The average Bonchev–Trinajstić information content (AvgIpc) is 4.06.